The first-order valence-corrected chi connectivity index (χ1v) is 11.5. The van der Waals surface area contributed by atoms with Crippen LogP contribution in [-0.2, 0) is 6.54 Å². The van der Waals surface area contributed by atoms with Crippen molar-refractivity contribution >= 4 is 22.5 Å². The van der Waals surface area contributed by atoms with Crippen molar-refractivity contribution in [1.82, 2.24) is 24.9 Å². The minimum Gasteiger partial charge on any atom is -0.497 e. The highest BCUT2D eigenvalue weighted by Crippen LogP contribution is 2.31. The van der Waals surface area contributed by atoms with Gasteiger partial charge in [-0.2, -0.15) is 13.3 Å². The highest BCUT2D eigenvalue weighted by molar-refractivity contribution is 5.93. The van der Waals surface area contributed by atoms with Gasteiger partial charge in [-0.1, -0.05) is 0 Å². The summed E-state index contributed by atoms with van der Waals surface area (Å²) in [6.45, 7) is -1.19. The molecule has 1 aliphatic heterocycles. The van der Waals surface area contributed by atoms with E-state index in [1.165, 1.54) is 4.52 Å². The van der Waals surface area contributed by atoms with Crippen molar-refractivity contribution in [3.63, 3.8) is 0 Å². The summed E-state index contributed by atoms with van der Waals surface area (Å²) in [6, 6.07) is 7.67. The number of fused-ring (bicyclic) bond motifs is 3. The van der Waals surface area contributed by atoms with Crippen LogP contribution < -0.4 is 24.8 Å². The van der Waals surface area contributed by atoms with Gasteiger partial charge in [0, 0.05) is 42.1 Å². The van der Waals surface area contributed by atoms with E-state index in [0.717, 1.165) is 43.6 Å². The van der Waals surface area contributed by atoms with Gasteiger partial charge < -0.3 is 24.8 Å². The molecule has 2 aromatic carbocycles. The van der Waals surface area contributed by atoms with Gasteiger partial charge in [0.2, 0.25) is 5.95 Å². The van der Waals surface area contributed by atoms with Gasteiger partial charge in [-0.25, -0.2) is 14.4 Å². The van der Waals surface area contributed by atoms with E-state index in [0.29, 0.717) is 40.8 Å². The topological polar surface area (TPSA) is 94.8 Å². The number of anilines is 1. The Labute approximate surface area is 204 Å². The van der Waals surface area contributed by atoms with Crippen molar-refractivity contribution in [3.05, 3.63) is 47.5 Å². The third-order valence-corrected chi connectivity index (χ3v) is 6.15. The summed E-state index contributed by atoms with van der Waals surface area (Å²) >= 11 is 0. The largest absolute Gasteiger partial charge is 0.497 e. The van der Waals surface area contributed by atoms with Gasteiger partial charge in [0.05, 0.1) is 19.7 Å². The first kappa shape index (κ1) is 23.9. The van der Waals surface area contributed by atoms with Crippen LogP contribution >= 0.6 is 0 Å². The normalized spacial score (nSPS) is 16.0. The monoisotopic (exact) mass is 502 g/mol. The number of ether oxygens (including phenoxy) is 3. The number of nitrogens with one attached hydrogen (secondary N) is 2. The first-order valence-electron chi connectivity index (χ1n) is 11.5. The third kappa shape index (κ3) is 4.68. The average molecular weight is 502 g/mol. The number of benzene rings is 2. The molecule has 4 aromatic rings. The highest BCUT2D eigenvalue weighted by atomic mass is 19.3. The number of nitrogens with zero attached hydrogens (tertiary/aromatic N) is 4. The van der Waals surface area contributed by atoms with E-state index >= 15 is 0 Å². The zero-order valence-electron chi connectivity index (χ0n) is 19.7. The Kier molecular flexibility index (Phi) is 6.68. The van der Waals surface area contributed by atoms with Crippen LogP contribution in [0.4, 0.5) is 19.1 Å². The van der Waals surface area contributed by atoms with Crippen molar-refractivity contribution in [3.8, 4) is 17.2 Å². The molecule has 0 radical (unpaired) electrons. The van der Waals surface area contributed by atoms with E-state index in [1.54, 1.807) is 20.3 Å². The molecule has 0 spiro atoms. The highest BCUT2D eigenvalue weighted by Gasteiger charge is 2.23. The standard InChI is InChI=1S/C24H25F3N6O3/c1-34-15-6-5-13(19(8-15)35-2)12-29-24-30-18-10-20(36-23(26)27)17(25)9-16(18)22-31-21(32-33(22)24)14-4-3-7-28-11-14/h5-6,8-10,14,23,28H,3-4,7,11-12H2,1-2H3,(H,29,30)/t14-/m1/s1. The van der Waals surface area contributed by atoms with Gasteiger partial charge >= 0.3 is 6.61 Å². The van der Waals surface area contributed by atoms with Crippen LogP contribution in [0, 0.1) is 5.82 Å². The lowest BCUT2D eigenvalue weighted by Crippen LogP contribution is -2.29. The third-order valence-electron chi connectivity index (χ3n) is 6.15. The number of halogens is 3. The molecule has 190 valence electrons. The number of aromatic nitrogens is 4. The van der Waals surface area contributed by atoms with Gasteiger partial charge in [0.25, 0.3) is 0 Å². The van der Waals surface area contributed by atoms with Gasteiger partial charge in [-0.3, -0.25) is 0 Å². The maximum Gasteiger partial charge on any atom is 0.387 e. The lowest BCUT2D eigenvalue weighted by atomic mass is 9.99. The predicted molar refractivity (Wildman–Crippen MR) is 127 cm³/mol. The van der Waals surface area contributed by atoms with E-state index in [9.17, 15) is 13.2 Å². The summed E-state index contributed by atoms with van der Waals surface area (Å²) in [5, 5.41) is 11.6. The number of methoxy groups -OCH3 is 2. The quantitative estimate of drug-likeness (QED) is 0.372. The lowest BCUT2D eigenvalue weighted by Gasteiger charge is -2.19. The number of piperidine rings is 1. The zero-order valence-corrected chi connectivity index (χ0v) is 19.7. The molecule has 1 fully saturated rings. The molecule has 2 aromatic heterocycles. The molecule has 0 unspecified atom stereocenters. The van der Waals surface area contributed by atoms with Crippen molar-refractivity contribution in [1.29, 1.82) is 0 Å². The molecule has 1 saturated heterocycles. The molecule has 0 amide bonds. The fraction of sp³-hybridized carbons (Fsp3) is 0.375. The van der Waals surface area contributed by atoms with Crippen molar-refractivity contribution in [2.45, 2.75) is 31.9 Å². The molecule has 3 heterocycles. The van der Waals surface area contributed by atoms with Crippen molar-refractivity contribution in [2.24, 2.45) is 0 Å². The van der Waals surface area contributed by atoms with Crippen LogP contribution in [0.25, 0.3) is 16.6 Å². The van der Waals surface area contributed by atoms with Gasteiger partial charge in [-0.15, -0.1) is 5.10 Å². The molecule has 9 nitrogen and oxygen atoms in total. The van der Waals surface area contributed by atoms with Crippen LogP contribution in [0.5, 0.6) is 17.2 Å². The summed E-state index contributed by atoms with van der Waals surface area (Å²) in [5.74, 6) is 0.753. The van der Waals surface area contributed by atoms with Crippen LogP contribution in [0.2, 0.25) is 0 Å². The Hall–Kier alpha value is -3.80. The molecule has 36 heavy (non-hydrogen) atoms. The van der Waals surface area contributed by atoms with Crippen LogP contribution in [0.3, 0.4) is 0 Å². The summed E-state index contributed by atoms with van der Waals surface area (Å²) in [5.41, 5.74) is 1.43. The molecule has 1 aliphatic rings. The van der Waals surface area contributed by atoms with Gasteiger partial charge in [-0.05, 0) is 37.6 Å². The molecule has 12 heteroatoms. The van der Waals surface area contributed by atoms with Crippen molar-refractivity contribution in [2.75, 3.05) is 32.6 Å². The smallest absolute Gasteiger partial charge is 0.387 e. The average Bonchev–Trinajstić information content (AvgIpc) is 3.34. The Morgan fingerprint density at radius 2 is 2.00 bits per heavy atom. The number of hydrogen-bond donors (Lipinski definition) is 2. The van der Waals surface area contributed by atoms with E-state index in [4.69, 9.17) is 14.5 Å². The van der Waals surface area contributed by atoms with Crippen molar-refractivity contribution < 1.29 is 27.4 Å². The fourth-order valence-electron chi connectivity index (χ4n) is 4.34. The summed E-state index contributed by atoms with van der Waals surface area (Å²) in [7, 11) is 3.13. The minimum absolute atomic E-state index is 0.0921. The number of hydrogen-bond acceptors (Lipinski definition) is 8. The van der Waals surface area contributed by atoms with E-state index in [1.807, 2.05) is 12.1 Å². The molecule has 0 saturated carbocycles. The number of rotatable bonds is 8. The van der Waals surface area contributed by atoms with Crippen LogP contribution in [-0.4, -0.2) is 53.5 Å². The van der Waals surface area contributed by atoms with E-state index in [-0.39, 0.29) is 11.4 Å². The minimum atomic E-state index is -3.17. The Morgan fingerprint density at radius 3 is 2.72 bits per heavy atom. The summed E-state index contributed by atoms with van der Waals surface area (Å²) in [6.07, 6.45) is 1.91. The summed E-state index contributed by atoms with van der Waals surface area (Å²) < 4.78 is 56.8. The maximum absolute atomic E-state index is 14.6. The van der Waals surface area contributed by atoms with Gasteiger partial charge in [0.1, 0.15) is 11.5 Å². The Bertz CT molecular complexity index is 1390. The number of alkyl halides is 2. The molecule has 0 bridgehead atoms. The second kappa shape index (κ2) is 10.1. The molecule has 1 atom stereocenters. The zero-order chi connectivity index (χ0) is 25.2. The molecular formula is C24H25F3N6O3. The second-order valence-electron chi connectivity index (χ2n) is 8.39. The molecule has 2 N–H and O–H groups in total. The fourth-order valence-corrected chi connectivity index (χ4v) is 4.34. The maximum atomic E-state index is 14.6. The second-order valence-corrected chi connectivity index (χ2v) is 8.39. The first-order chi connectivity index (χ1) is 17.5. The Balaban J connectivity index is 1.59. The van der Waals surface area contributed by atoms with E-state index < -0.39 is 18.2 Å². The lowest BCUT2D eigenvalue weighted by molar-refractivity contribution is -0.0520. The molecule has 0 aliphatic carbocycles. The summed E-state index contributed by atoms with van der Waals surface area (Å²) in [4.78, 5) is 9.26. The Morgan fingerprint density at radius 1 is 1.14 bits per heavy atom. The molecule has 5 rings (SSSR count). The molecular weight excluding hydrogens is 477 g/mol. The SMILES string of the molecule is COc1ccc(CNc2nc3cc(OC(F)F)c(F)cc3c3nc([C@@H]4CCCNC4)nn23)c(OC)c1. The van der Waals surface area contributed by atoms with Crippen LogP contribution in [0.15, 0.2) is 30.3 Å². The van der Waals surface area contributed by atoms with E-state index in [2.05, 4.69) is 25.5 Å². The van der Waals surface area contributed by atoms with Crippen LogP contribution in [0.1, 0.15) is 30.1 Å². The predicted octanol–water partition coefficient (Wildman–Crippen LogP) is 4.11. The van der Waals surface area contributed by atoms with Gasteiger partial charge in [0.15, 0.2) is 23.0 Å².